The van der Waals surface area contributed by atoms with Gasteiger partial charge in [0.15, 0.2) is 0 Å². The molecule has 1 aromatic heterocycles. The summed E-state index contributed by atoms with van der Waals surface area (Å²) in [7, 11) is 0.666. The molecule has 5 nitrogen and oxygen atoms in total. The number of benzene rings is 2. The number of hydrogen-bond acceptors (Lipinski definition) is 4. The molecular formula is C26H32N2O3S. The Hall–Kier alpha value is -2.44. The van der Waals surface area contributed by atoms with Crippen molar-refractivity contribution < 1.29 is 13.7 Å². The molecule has 0 N–H and O–H groups in total. The van der Waals surface area contributed by atoms with Gasteiger partial charge < -0.3 is 9.47 Å². The van der Waals surface area contributed by atoms with E-state index in [0.717, 1.165) is 46.1 Å². The summed E-state index contributed by atoms with van der Waals surface area (Å²) >= 11 is 0. The van der Waals surface area contributed by atoms with Gasteiger partial charge in [0.2, 0.25) is 0 Å². The summed E-state index contributed by atoms with van der Waals surface area (Å²) in [6, 6.07) is 18.0. The van der Waals surface area contributed by atoms with Crippen molar-refractivity contribution in [2.24, 2.45) is 0 Å². The number of para-hydroxylation sites is 2. The maximum absolute atomic E-state index is 11.9. The van der Waals surface area contributed by atoms with Gasteiger partial charge in [-0.1, -0.05) is 24.3 Å². The van der Waals surface area contributed by atoms with Gasteiger partial charge in [0.05, 0.1) is 29.7 Å². The van der Waals surface area contributed by atoms with Crippen LogP contribution >= 0.6 is 0 Å². The van der Waals surface area contributed by atoms with Crippen molar-refractivity contribution in [1.29, 1.82) is 0 Å². The normalized spacial score (nSPS) is 18.9. The van der Waals surface area contributed by atoms with Gasteiger partial charge in [0.25, 0.3) is 0 Å². The molecule has 1 unspecified atom stereocenters. The molecule has 32 heavy (non-hydrogen) atoms. The van der Waals surface area contributed by atoms with Gasteiger partial charge in [-0.2, -0.15) is 5.10 Å². The average Bonchev–Trinajstić information content (AvgIpc) is 3.17. The number of nitrogens with zero attached hydrogens (tertiary/aromatic N) is 2. The van der Waals surface area contributed by atoms with E-state index >= 15 is 0 Å². The lowest BCUT2D eigenvalue weighted by atomic mass is 9.79. The molecular weight excluding hydrogens is 420 g/mol. The van der Waals surface area contributed by atoms with Crippen molar-refractivity contribution in [3.63, 3.8) is 0 Å². The minimum absolute atomic E-state index is 0.215. The van der Waals surface area contributed by atoms with Crippen LogP contribution in [0.15, 0.2) is 59.5 Å². The molecule has 1 aliphatic rings. The average molecular weight is 453 g/mol. The largest absolute Gasteiger partial charge is 0.494 e. The molecule has 1 saturated heterocycles. The summed E-state index contributed by atoms with van der Waals surface area (Å²) in [5.74, 6) is 1.05. The van der Waals surface area contributed by atoms with E-state index < -0.39 is 10.8 Å². The van der Waals surface area contributed by atoms with Crippen molar-refractivity contribution in [1.82, 2.24) is 9.78 Å². The Morgan fingerprint density at radius 2 is 1.66 bits per heavy atom. The Bertz CT molecular complexity index is 1120. The third kappa shape index (κ3) is 4.66. The fourth-order valence-corrected chi connectivity index (χ4v) is 5.43. The minimum Gasteiger partial charge on any atom is -0.494 e. The molecule has 2 aromatic carbocycles. The Labute approximate surface area is 193 Å². The van der Waals surface area contributed by atoms with Crippen molar-refractivity contribution >= 4 is 10.8 Å². The van der Waals surface area contributed by atoms with E-state index in [0.29, 0.717) is 0 Å². The van der Waals surface area contributed by atoms with E-state index in [-0.39, 0.29) is 17.1 Å². The van der Waals surface area contributed by atoms with E-state index in [1.807, 2.05) is 53.2 Å². The van der Waals surface area contributed by atoms with E-state index in [1.165, 1.54) is 0 Å². The van der Waals surface area contributed by atoms with Crippen molar-refractivity contribution in [2.45, 2.75) is 62.6 Å². The molecule has 4 rings (SSSR count). The zero-order valence-corrected chi connectivity index (χ0v) is 20.5. The molecule has 0 amide bonds. The van der Waals surface area contributed by atoms with Crippen LogP contribution in [0.1, 0.15) is 52.1 Å². The lowest BCUT2D eigenvalue weighted by molar-refractivity contribution is -0.162. The Morgan fingerprint density at radius 3 is 2.25 bits per heavy atom. The lowest BCUT2D eigenvalue weighted by Gasteiger charge is -2.45. The van der Waals surface area contributed by atoms with Gasteiger partial charge >= 0.3 is 0 Å². The van der Waals surface area contributed by atoms with E-state index in [1.54, 1.807) is 13.4 Å². The van der Waals surface area contributed by atoms with E-state index in [2.05, 4.69) is 33.8 Å². The quantitative estimate of drug-likeness (QED) is 0.496. The molecule has 0 spiro atoms. The zero-order chi connectivity index (χ0) is 23.1. The Balaban J connectivity index is 1.84. The van der Waals surface area contributed by atoms with E-state index in [9.17, 15) is 4.21 Å². The highest BCUT2D eigenvalue weighted by Gasteiger charge is 2.41. The second-order valence-corrected chi connectivity index (χ2v) is 11.1. The highest BCUT2D eigenvalue weighted by Crippen LogP contribution is 2.44. The predicted octanol–water partition coefficient (Wildman–Crippen LogP) is 5.74. The fourth-order valence-electron chi connectivity index (χ4n) is 4.91. The molecule has 2 heterocycles. The van der Waals surface area contributed by atoms with Gasteiger partial charge in [-0.05, 0) is 70.9 Å². The first kappa shape index (κ1) is 22.7. The summed E-state index contributed by atoms with van der Waals surface area (Å²) in [5.41, 5.74) is 3.53. The summed E-state index contributed by atoms with van der Waals surface area (Å²) in [6.45, 7) is 8.62. The number of methoxy groups -OCH3 is 1. The van der Waals surface area contributed by atoms with Gasteiger partial charge in [0, 0.05) is 33.4 Å². The van der Waals surface area contributed by atoms with Crippen molar-refractivity contribution in [3.8, 4) is 22.7 Å². The predicted molar refractivity (Wildman–Crippen MR) is 129 cm³/mol. The van der Waals surface area contributed by atoms with Crippen molar-refractivity contribution in [2.75, 3.05) is 13.4 Å². The standard InChI is InChI=1S/C26H32N2O3S/c1-25(2)16-19(17-26(3,4)31-25)21-15-23(18-11-13-20(14-12-18)32(6)29)28(27-21)22-9-7-8-10-24(22)30-5/h7-15,19H,16-17H2,1-6H3. The number of rotatable bonds is 5. The fraction of sp³-hybridized carbons (Fsp3) is 0.423. The summed E-state index contributed by atoms with van der Waals surface area (Å²) in [4.78, 5) is 0.810. The first-order valence-electron chi connectivity index (χ1n) is 11.0. The second kappa shape index (κ2) is 8.49. The highest BCUT2D eigenvalue weighted by atomic mass is 32.2. The number of aromatic nitrogens is 2. The molecule has 3 aromatic rings. The van der Waals surface area contributed by atoms with Crippen LogP contribution in [-0.2, 0) is 15.5 Å². The molecule has 0 bridgehead atoms. The first-order valence-corrected chi connectivity index (χ1v) is 12.5. The van der Waals surface area contributed by atoms with Crippen LogP contribution in [0.25, 0.3) is 16.9 Å². The van der Waals surface area contributed by atoms with Crippen LogP contribution in [0.4, 0.5) is 0 Å². The minimum atomic E-state index is -1.01. The maximum atomic E-state index is 11.9. The van der Waals surface area contributed by atoms with Crippen LogP contribution < -0.4 is 4.74 Å². The molecule has 0 aliphatic carbocycles. The maximum Gasteiger partial charge on any atom is 0.144 e. The lowest BCUT2D eigenvalue weighted by Crippen LogP contribution is -2.44. The summed E-state index contributed by atoms with van der Waals surface area (Å²) in [5, 5.41) is 5.10. The smallest absolute Gasteiger partial charge is 0.144 e. The number of hydrogen-bond donors (Lipinski definition) is 0. The first-order chi connectivity index (χ1) is 15.1. The van der Waals surface area contributed by atoms with Crippen LogP contribution in [0.3, 0.4) is 0 Å². The molecule has 6 heteroatoms. The molecule has 1 aliphatic heterocycles. The second-order valence-electron chi connectivity index (χ2n) is 9.74. The van der Waals surface area contributed by atoms with Gasteiger partial charge in [-0.15, -0.1) is 0 Å². The van der Waals surface area contributed by atoms with Crippen LogP contribution in [0.5, 0.6) is 5.75 Å². The van der Waals surface area contributed by atoms with Crippen LogP contribution in [0.2, 0.25) is 0 Å². The van der Waals surface area contributed by atoms with Crippen LogP contribution in [0, 0.1) is 0 Å². The highest BCUT2D eigenvalue weighted by molar-refractivity contribution is 7.84. The summed E-state index contributed by atoms with van der Waals surface area (Å²) < 4.78 is 25.8. The van der Waals surface area contributed by atoms with E-state index in [4.69, 9.17) is 14.6 Å². The topological polar surface area (TPSA) is 53.4 Å². The molecule has 170 valence electrons. The monoisotopic (exact) mass is 452 g/mol. The summed E-state index contributed by atoms with van der Waals surface area (Å²) in [6.07, 6.45) is 3.51. The molecule has 0 radical (unpaired) electrons. The van der Waals surface area contributed by atoms with Crippen LogP contribution in [-0.4, -0.2) is 38.6 Å². The van der Waals surface area contributed by atoms with Crippen molar-refractivity contribution in [3.05, 3.63) is 60.3 Å². The molecule has 1 fully saturated rings. The third-order valence-corrected chi connectivity index (χ3v) is 6.91. The van der Waals surface area contributed by atoms with Gasteiger partial charge in [-0.3, -0.25) is 4.21 Å². The van der Waals surface area contributed by atoms with Gasteiger partial charge in [0.1, 0.15) is 11.4 Å². The Morgan fingerprint density at radius 1 is 1.03 bits per heavy atom. The third-order valence-electron chi connectivity index (χ3n) is 5.97. The molecule has 1 atom stereocenters. The van der Waals surface area contributed by atoms with Gasteiger partial charge in [-0.25, -0.2) is 4.68 Å². The zero-order valence-electron chi connectivity index (χ0n) is 19.7. The SMILES string of the molecule is COc1ccccc1-n1nc(C2CC(C)(C)OC(C)(C)C2)cc1-c1ccc(S(C)=O)cc1. The molecule has 0 saturated carbocycles. The number of ether oxygens (including phenoxy) is 2. The Kier molecular flexibility index (Phi) is 6.03.